The van der Waals surface area contributed by atoms with E-state index in [1.807, 2.05) is 18.2 Å². The molecule has 0 aliphatic carbocycles. The van der Waals surface area contributed by atoms with E-state index in [0.29, 0.717) is 0 Å². The molecule has 0 aliphatic rings. The summed E-state index contributed by atoms with van der Waals surface area (Å²) in [6.07, 6.45) is 13.2. The molecule has 23 heavy (non-hydrogen) atoms. The van der Waals surface area contributed by atoms with Crippen molar-refractivity contribution in [3.63, 3.8) is 0 Å². The molecule has 0 saturated heterocycles. The smallest absolute Gasteiger partial charge is 0.259 e. The fourth-order valence-corrected chi connectivity index (χ4v) is 2.57. The molecule has 3 heteroatoms. The number of unbranched alkanes of at least 4 members (excludes halogenated alkanes) is 7. The van der Waals surface area contributed by atoms with E-state index in [-0.39, 0.29) is 5.57 Å². The monoisotopic (exact) mass is 312 g/mol. The molecular formula is C20H28N2O. The lowest BCUT2D eigenvalue weighted by Gasteiger charge is -2.03. The highest BCUT2D eigenvalue weighted by atomic mass is 16.1. The summed E-state index contributed by atoms with van der Waals surface area (Å²) in [5, 5.41) is 8.83. The van der Waals surface area contributed by atoms with Crippen molar-refractivity contribution in [1.29, 1.82) is 5.26 Å². The molecular weight excluding hydrogens is 284 g/mol. The molecule has 0 saturated carbocycles. The van der Waals surface area contributed by atoms with Gasteiger partial charge in [-0.15, -0.1) is 0 Å². The van der Waals surface area contributed by atoms with Crippen LogP contribution >= 0.6 is 0 Å². The number of benzene rings is 1. The number of nitriles is 1. The van der Waals surface area contributed by atoms with Crippen LogP contribution in [-0.2, 0) is 11.2 Å². The molecule has 1 amide bonds. The Morgan fingerprint density at radius 2 is 1.61 bits per heavy atom. The van der Waals surface area contributed by atoms with Crippen LogP contribution in [0.25, 0.3) is 6.08 Å². The molecule has 0 spiro atoms. The van der Waals surface area contributed by atoms with Crippen LogP contribution in [0, 0.1) is 11.3 Å². The Hall–Kier alpha value is -2.08. The fourth-order valence-electron chi connectivity index (χ4n) is 2.57. The molecule has 124 valence electrons. The van der Waals surface area contributed by atoms with Gasteiger partial charge in [-0.25, -0.2) is 0 Å². The Balaban J connectivity index is 2.30. The first-order chi connectivity index (χ1) is 11.2. The van der Waals surface area contributed by atoms with Crippen LogP contribution in [-0.4, -0.2) is 5.91 Å². The highest BCUT2D eigenvalue weighted by molar-refractivity contribution is 6.00. The maximum atomic E-state index is 11.0. The van der Waals surface area contributed by atoms with Gasteiger partial charge in [0, 0.05) is 0 Å². The minimum Gasteiger partial charge on any atom is -0.365 e. The number of primary amides is 1. The highest BCUT2D eigenvalue weighted by Crippen LogP contribution is 2.13. The van der Waals surface area contributed by atoms with Gasteiger partial charge >= 0.3 is 0 Å². The van der Waals surface area contributed by atoms with Crippen molar-refractivity contribution in [2.24, 2.45) is 5.73 Å². The number of carbonyl (C=O) groups is 1. The third-order valence-corrected chi connectivity index (χ3v) is 4.00. The average Bonchev–Trinajstić information content (AvgIpc) is 2.56. The van der Waals surface area contributed by atoms with E-state index in [9.17, 15) is 4.79 Å². The summed E-state index contributed by atoms with van der Waals surface area (Å²) in [5.41, 5.74) is 7.24. The molecule has 0 atom stereocenters. The van der Waals surface area contributed by atoms with E-state index in [4.69, 9.17) is 11.0 Å². The molecule has 0 heterocycles. The van der Waals surface area contributed by atoms with E-state index in [0.717, 1.165) is 12.0 Å². The standard InChI is InChI=1S/C20H28N2O/c1-2-3-4-5-6-7-8-9-10-17-11-13-18(14-12-17)15-19(16-21)20(22)23/h11-15H,2-10H2,1H3,(H2,22,23). The van der Waals surface area contributed by atoms with Crippen molar-refractivity contribution in [3.8, 4) is 6.07 Å². The second kappa shape index (κ2) is 11.5. The maximum absolute atomic E-state index is 11.0. The number of hydrogen-bond donors (Lipinski definition) is 1. The number of carbonyl (C=O) groups excluding carboxylic acids is 1. The van der Waals surface area contributed by atoms with Gasteiger partial charge in [-0.3, -0.25) is 4.79 Å². The molecule has 0 radical (unpaired) electrons. The first-order valence-corrected chi connectivity index (χ1v) is 8.68. The quantitative estimate of drug-likeness (QED) is 0.363. The van der Waals surface area contributed by atoms with Crippen LogP contribution in [0.4, 0.5) is 0 Å². The van der Waals surface area contributed by atoms with Crippen molar-refractivity contribution in [1.82, 2.24) is 0 Å². The molecule has 1 aromatic carbocycles. The number of amides is 1. The molecule has 0 aliphatic heterocycles. The summed E-state index contributed by atoms with van der Waals surface area (Å²) in [7, 11) is 0. The van der Waals surface area contributed by atoms with Gasteiger partial charge < -0.3 is 5.73 Å². The third kappa shape index (κ3) is 8.21. The molecule has 0 fully saturated rings. The van der Waals surface area contributed by atoms with E-state index in [2.05, 4.69) is 19.1 Å². The minimum atomic E-state index is -0.685. The van der Waals surface area contributed by atoms with Crippen molar-refractivity contribution < 1.29 is 4.79 Å². The molecule has 3 nitrogen and oxygen atoms in total. The molecule has 2 N–H and O–H groups in total. The van der Waals surface area contributed by atoms with Gasteiger partial charge in [0.25, 0.3) is 5.91 Å². The molecule has 0 bridgehead atoms. The van der Waals surface area contributed by atoms with Crippen molar-refractivity contribution in [2.75, 3.05) is 0 Å². The lowest BCUT2D eigenvalue weighted by molar-refractivity contribution is -0.114. The normalized spacial score (nSPS) is 11.2. The van der Waals surface area contributed by atoms with Crippen LogP contribution in [0.1, 0.15) is 69.4 Å². The van der Waals surface area contributed by atoms with Gasteiger partial charge in [-0.05, 0) is 30.0 Å². The highest BCUT2D eigenvalue weighted by Gasteiger charge is 2.03. The molecule has 0 unspecified atom stereocenters. The largest absolute Gasteiger partial charge is 0.365 e. The number of rotatable bonds is 11. The van der Waals surface area contributed by atoms with Gasteiger partial charge in [0.2, 0.25) is 0 Å². The second-order valence-corrected chi connectivity index (χ2v) is 6.00. The topological polar surface area (TPSA) is 66.9 Å². The van der Waals surface area contributed by atoms with E-state index in [1.54, 1.807) is 0 Å². The van der Waals surface area contributed by atoms with Gasteiger partial charge in [0.05, 0.1) is 0 Å². The van der Waals surface area contributed by atoms with Crippen LogP contribution in [0.5, 0.6) is 0 Å². The predicted octanol–water partition coefficient (Wildman–Crippen LogP) is 4.76. The zero-order valence-corrected chi connectivity index (χ0v) is 14.2. The Bertz CT molecular complexity index is 538. The number of hydrogen-bond acceptors (Lipinski definition) is 2. The van der Waals surface area contributed by atoms with Crippen molar-refractivity contribution in [2.45, 2.75) is 64.7 Å². The van der Waals surface area contributed by atoms with Gasteiger partial charge in [0.1, 0.15) is 11.6 Å². The predicted molar refractivity (Wildman–Crippen MR) is 95.5 cm³/mol. The van der Waals surface area contributed by atoms with E-state index in [1.165, 1.54) is 63.0 Å². The zero-order chi connectivity index (χ0) is 16.9. The average molecular weight is 312 g/mol. The van der Waals surface area contributed by atoms with Gasteiger partial charge in [0.15, 0.2) is 0 Å². The zero-order valence-electron chi connectivity index (χ0n) is 14.2. The summed E-state index contributed by atoms with van der Waals surface area (Å²) < 4.78 is 0. The minimum absolute atomic E-state index is 0.0131. The van der Waals surface area contributed by atoms with Crippen molar-refractivity contribution >= 4 is 12.0 Å². The van der Waals surface area contributed by atoms with E-state index < -0.39 is 5.91 Å². The van der Waals surface area contributed by atoms with Crippen molar-refractivity contribution in [3.05, 3.63) is 41.0 Å². The molecule has 0 aromatic heterocycles. The Kier molecular flexibility index (Phi) is 9.47. The molecule has 1 rings (SSSR count). The van der Waals surface area contributed by atoms with Crippen LogP contribution < -0.4 is 5.73 Å². The Morgan fingerprint density at radius 1 is 1.04 bits per heavy atom. The van der Waals surface area contributed by atoms with Gasteiger partial charge in [-0.1, -0.05) is 76.1 Å². The van der Waals surface area contributed by atoms with Gasteiger partial charge in [-0.2, -0.15) is 5.26 Å². The SMILES string of the molecule is CCCCCCCCCCc1ccc(C=C(C#N)C(N)=O)cc1. The molecule has 1 aromatic rings. The lowest BCUT2D eigenvalue weighted by Crippen LogP contribution is -2.12. The van der Waals surface area contributed by atoms with E-state index >= 15 is 0 Å². The number of nitrogens with zero attached hydrogens (tertiary/aromatic N) is 1. The first kappa shape index (κ1) is 19.0. The lowest BCUT2D eigenvalue weighted by atomic mass is 10.0. The first-order valence-electron chi connectivity index (χ1n) is 8.68. The summed E-state index contributed by atoms with van der Waals surface area (Å²) in [6.45, 7) is 2.25. The van der Waals surface area contributed by atoms with Crippen LogP contribution in [0.3, 0.4) is 0 Å². The van der Waals surface area contributed by atoms with Crippen LogP contribution in [0.15, 0.2) is 29.8 Å². The second-order valence-electron chi connectivity index (χ2n) is 6.00. The summed E-state index contributed by atoms with van der Waals surface area (Å²) in [5.74, 6) is -0.685. The number of aryl methyl sites for hydroxylation is 1. The summed E-state index contributed by atoms with van der Waals surface area (Å²) >= 11 is 0. The third-order valence-electron chi connectivity index (χ3n) is 4.00. The Labute approximate surface area is 140 Å². The maximum Gasteiger partial charge on any atom is 0.259 e. The summed E-state index contributed by atoms with van der Waals surface area (Å²) in [6, 6.07) is 9.80. The van der Waals surface area contributed by atoms with Crippen LogP contribution in [0.2, 0.25) is 0 Å². The Morgan fingerprint density at radius 3 is 2.13 bits per heavy atom. The fraction of sp³-hybridized carbons (Fsp3) is 0.500. The number of nitrogens with two attached hydrogens (primary N) is 1. The summed E-state index contributed by atoms with van der Waals surface area (Å²) in [4.78, 5) is 11.0.